The van der Waals surface area contributed by atoms with Crippen LogP contribution in [-0.2, 0) is 9.59 Å². The molecule has 1 aliphatic rings. The first-order valence-electron chi connectivity index (χ1n) is 6.62. The number of anilines is 1. The van der Waals surface area contributed by atoms with Crippen molar-refractivity contribution in [3.8, 4) is 0 Å². The number of rotatable bonds is 2. The molecule has 2 heterocycles. The fourth-order valence-corrected chi connectivity index (χ4v) is 2.68. The monoisotopic (exact) mass is 344 g/mol. The van der Waals surface area contributed by atoms with Crippen LogP contribution in [-0.4, -0.2) is 16.8 Å². The number of nitrogens with zero attached hydrogens (tertiary/aromatic N) is 2. The van der Waals surface area contributed by atoms with Gasteiger partial charge < -0.3 is 0 Å². The van der Waals surface area contributed by atoms with Gasteiger partial charge in [0.2, 0.25) is 11.8 Å². The molecular formula is C16H13BrN2O2. The highest BCUT2D eigenvalue weighted by atomic mass is 79.9. The number of benzene rings is 1. The Hall–Kier alpha value is -2.01. The van der Waals surface area contributed by atoms with Crippen molar-refractivity contribution in [2.24, 2.45) is 0 Å². The Balaban J connectivity index is 1.96. The van der Waals surface area contributed by atoms with Crippen molar-refractivity contribution in [3.63, 3.8) is 0 Å². The lowest BCUT2D eigenvalue weighted by Crippen LogP contribution is -2.30. The van der Waals surface area contributed by atoms with Crippen LogP contribution in [0.4, 0.5) is 5.82 Å². The largest absolute Gasteiger partial charge is 0.274 e. The standard InChI is InChI=1S/C16H13BrN2O2/c1-10-7-14(18-9-13(10)17)19-15(20)8-12(16(19)21)11-5-3-2-4-6-11/h2-7,9,12H,8H2,1H3. The lowest BCUT2D eigenvalue weighted by atomic mass is 9.98. The molecule has 1 aromatic carbocycles. The Kier molecular flexibility index (Phi) is 3.59. The van der Waals surface area contributed by atoms with E-state index in [1.165, 1.54) is 4.90 Å². The quantitative estimate of drug-likeness (QED) is 0.786. The summed E-state index contributed by atoms with van der Waals surface area (Å²) < 4.78 is 0.852. The molecule has 1 unspecified atom stereocenters. The van der Waals surface area contributed by atoms with E-state index >= 15 is 0 Å². The van der Waals surface area contributed by atoms with Crippen molar-refractivity contribution < 1.29 is 9.59 Å². The van der Waals surface area contributed by atoms with Crippen molar-refractivity contribution >= 4 is 33.6 Å². The fourth-order valence-electron chi connectivity index (χ4n) is 2.47. The fraction of sp³-hybridized carbons (Fsp3) is 0.188. The maximum atomic E-state index is 12.6. The van der Waals surface area contributed by atoms with Gasteiger partial charge in [-0.1, -0.05) is 30.3 Å². The van der Waals surface area contributed by atoms with Gasteiger partial charge in [-0.15, -0.1) is 0 Å². The second-order valence-corrected chi connectivity index (χ2v) is 5.88. The molecule has 0 bridgehead atoms. The topological polar surface area (TPSA) is 50.3 Å². The molecular weight excluding hydrogens is 332 g/mol. The Labute approximate surface area is 130 Å². The minimum absolute atomic E-state index is 0.194. The minimum Gasteiger partial charge on any atom is -0.274 e. The minimum atomic E-state index is -0.413. The average Bonchev–Trinajstić information content (AvgIpc) is 2.78. The Morgan fingerprint density at radius 2 is 1.95 bits per heavy atom. The number of hydrogen-bond acceptors (Lipinski definition) is 3. The Bertz CT molecular complexity index is 715. The van der Waals surface area contributed by atoms with Crippen LogP contribution in [0.1, 0.15) is 23.5 Å². The van der Waals surface area contributed by atoms with E-state index in [9.17, 15) is 9.59 Å². The van der Waals surface area contributed by atoms with Crippen LogP contribution in [0.5, 0.6) is 0 Å². The predicted octanol–water partition coefficient (Wildman–Crippen LogP) is 3.20. The Morgan fingerprint density at radius 3 is 2.62 bits per heavy atom. The number of hydrogen-bond donors (Lipinski definition) is 0. The highest BCUT2D eigenvalue weighted by Crippen LogP contribution is 2.33. The van der Waals surface area contributed by atoms with E-state index in [1.54, 1.807) is 12.3 Å². The lowest BCUT2D eigenvalue weighted by molar-refractivity contribution is -0.121. The van der Waals surface area contributed by atoms with Crippen molar-refractivity contribution in [3.05, 3.63) is 58.2 Å². The molecule has 1 saturated heterocycles. The van der Waals surface area contributed by atoms with E-state index in [0.717, 1.165) is 15.6 Å². The molecule has 0 N–H and O–H groups in total. The van der Waals surface area contributed by atoms with Gasteiger partial charge in [0.15, 0.2) is 0 Å². The van der Waals surface area contributed by atoms with Crippen molar-refractivity contribution in [2.45, 2.75) is 19.3 Å². The molecule has 106 valence electrons. The molecule has 0 radical (unpaired) electrons. The summed E-state index contributed by atoms with van der Waals surface area (Å²) in [4.78, 5) is 30.2. The summed E-state index contributed by atoms with van der Waals surface area (Å²) in [6.07, 6.45) is 1.81. The van der Waals surface area contributed by atoms with E-state index in [4.69, 9.17) is 0 Å². The molecule has 1 aromatic heterocycles. The zero-order chi connectivity index (χ0) is 15.0. The first kappa shape index (κ1) is 13.9. The molecule has 0 spiro atoms. The van der Waals surface area contributed by atoms with Gasteiger partial charge in [0.25, 0.3) is 0 Å². The highest BCUT2D eigenvalue weighted by molar-refractivity contribution is 9.10. The number of imide groups is 1. The molecule has 2 amide bonds. The van der Waals surface area contributed by atoms with E-state index in [2.05, 4.69) is 20.9 Å². The molecule has 1 aliphatic heterocycles. The van der Waals surface area contributed by atoms with Crippen LogP contribution >= 0.6 is 15.9 Å². The maximum Gasteiger partial charge on any atom is 0.243 e. The number of halogens is 1. The summed E-state index contributed by atoms with van der Waals surface area (Å²) in [6, 6.07) is 11.1. The van der Waals surface area contributed by atoms with E-state index in [-0.39, 0.29) is 18.2 Å². The summed E-state index contributed by atoms with van der Waals surface area (Å²) in [5.74, 6) is -0.433. The van der Waals surface area contributed by atoms with E-state index < -0.39 is 5.92 Å². The lowest BCUT2D eigenvalue weighted by Gasteiger charge is -2.15. The summed E-state index contributed by atoms with van der Waals surface area (Å²) in [5.41, 5.74) is 1.80. The van der Waals surface area contributed by atoms with Gasteiger partial charge >= 0.3 is 0 Å². The molecule has 3 rings (SSSR count). The average molecular weight is 345 g/mol. The van der Waals surface area contributed by atoms with E-state index in [1.807, 2.05) is 37.3 Å². The number of pyridine rings is 1. The first-order valence-corrected chi connectivity index (χ1v) is 7.41. The zero-order valence-electron chi connectivity index (χ0n) is 11.4. The van der Waals surface area contributed by atoms with Gasteiger partial charge in [-0.25, -0.2) is 9.88 Å². The van der Waals surface area contributed by atoms with Crippen LogP contribution in [0.25, 0.3) is 0 Å². The van der Waals surface area contributed by atoms with Crippen LogP contribution in [0.3, 0.4) is 0 Å². The van der Waals surface area contributed by atoms with Gasteiger partial charge in [-0.3, -0.25) is 9.59 Å². The number of amides is 2. The number of carbonyl (C=O) groups excluding carboxylic acids is 2. The second kappa shape index (κ2) is 5.41. The third-order valence-electron chi connectivity index (χ3n) is 3.61. The van der Waals surface area contributed by atoms with Gasteiger partial charge in [0.1, 0.15) is 5.82 Å². The van der Waals surface area contributed by atoms with Gasteiger partial charge in [0.05, 0.1) is 5.92 Å². The molecule has 2 aromatic rings. The normalized spacial score (nSPS) is 18.4. The Morgan fingerprint density at radius 1 is 1.24 bits per heavy atom. The third kappa shape index (κ3) is 2.49. The second-order valence-electron chi connectivity index (χ2n) is 5.03. The zero-order valence-corrected chi connectivity index (χ0v) is 13.0. The summed E-state index contributed by atoms with van der Waals surface area (Å²) >= 11 is 3.37. The molecule has 21 heavy (non-hydrogen) atoms. The molecule has 4 nitrogen and oxygen atoms in total. The molecule has 1 atom stereocenters. The SMILES string of the molecule is Cc1cc(N2C(=O)CC(c3ccccc3)C2=O)ncc1Br. The van der Waals surface area contributed by atoms with Crippen LogP contribution < -0.4 is 4.90 Å². The summed E-state index contributed by atoms with van der Waals surface area (Å²) in [7, 11) is 0. The smallest absolute Gasteiger partial charge is 0.243 e. The molecule has 0 aliphatic carbocycles. The number of aromatic nitrogens is 1. The van der Waals surface area contributed by atoms with Crippen molar-refractivity contribution in [2.75, 3.05) is 4.90 Å². The van der Waals surface area contributed by atoms with Crippen LogP contribution in [0, 0.1) is 6.92 Å². The molecule has 1 fully saturated rings. The summed E-state index contributed by atoms with van der Waals surface area (Å²) in [6.45, 7) is 1.90. The molecule has 5 heteroatoms. The van der Waals surface area contributed by atoms with Gasteiger partial charge in [0, 0.05) is 17.1 Å². The van der Waals surface area contributed by atoms with Gasteiger partial charge in [-0.05, 0) is 40.0 Å². The number of carbonyl (C=O) groups is 2. The predicted molar refractivity (Wildman–Crippen MR) is 83.0 cm³/mol. The number of aryl methyl sites for hydroxylation is 1. The van der Waals surface area contributed by atoms with Crippen LogP contribution in [0.15, 0.2) is 47.1 Å². The first-order chi connectivity index (χ1) is 10.1. The molecule has 0 saturated carbocycles. The van der Waals surface area contributed by atoms with Crippen molar-refractivity contribution in [1.29, 1.82) is 0 Å². The van der Waals surface area contributed by atoms with Gasteiger partial charge in [-0.2, -0.15) is 0 Å². The third-order valence-corrected chi connectivity index (χ3v) is 4.44. The van der Waals surface area contributed by atoms with Crippen LogP contribution in [0.2, 0.25) is 0 Å². The highest BCUT2D eigenvalue weighted by Gasteiger charge is 2.40. The van der Waals surface area contributed by atoms with E-state index in [0.29, 0.717) is 5.82 Å². The summed E-state index contributed by atoms with van der Waals surface area (Å²) in [5, 5.41) is 0. The van der Waals surface area contributed by atoms with Crippen molar-refractivity contribution in [1.82, 2.24) is 4.98 Å². The maximum absolute atomic E-state index is 12.6.